The van der Waals surface area contributed by atoms with Gasteiger partial charge in [-0.1, -0.05) is 24.3 Å². The highest BCUT2D eigenvalue weighted by molar-refractivity contribution is 5.84. The van der Waals surface area contributed by atoms with Crippen molar-refractivity contribution in [1.82, 2.24) is 0 Å². The molecule has 1 aliphatic rings. The molecule has 3 nitrogen and oxygen atoms in total. The normalized spacial score (nSPS) is 12.7. The molecule has 0 aliphatic carbocycles. The lowest BCUT2D eigenvalue weighted by Crippen LogP contribution is -1.92. The lowest BCUT2D eigenvalue weighted by molar-refractivity contribution is 0.112. The first kappa shape index (κ1) is 11.8. The van der Waals surface area contributed by atoms with Crippen molar-refractivity contribution in [1.29, 1.82) is 0 Å². The Morgan fingerprint density at radius 2 is 2.16 bits per heavy atom. The van der Waals surface area contributed by atoms with Gasteiger partial charge >= 0.3 is 0 Å². The zero-order chi connectivity index (χ0) is 13.2. The standard InChI is InChI=1S/C16H14O3/c1-18-15-6-5-12(9-13(15)10-17)14-4-2-3-11-7-8-19-16(11)14/h2-6,9-10H,7-8H2,1H3. The fourth-order valence-corrected chi connectivity index (χ4v) is 2.44. The van der Waals surface area contributed by atoms with E-state index in [0.717, 1.165) is 36.2 Å². The number of hydrogen-bond donors (Lipinski definition) is 0. The van der Waals surface area contributed by atoms with Crippen molar-refractivity contribution in [2.24, 2.45) is 0 Å². The summed E-state index contributed by atoms with van der Waals surface area (Å²) in [6, 6.07) is 11.7. The second kappa shape index (κ2) is 4.76. The number of para-hydroxylation sites is 1. The molecule has 3 heteroatoms. The second-order valence-corrected chi connectivity index (χ2v) is 4.47. The number of ether oxygens (including phenoxy) is 2. The molecule has 0 bridgehead atoms. The summed E-state index contributed by atoms with van der Waals surface area (Å²) >= 11 is 0. The van der Waals surface area contributed by atoms with Gasteiger partial charge in [-0.2, -0.15) is 0 Å². The molecule has 1 aliphatic heterocycles. The number of fused-ring (bicyclic) bond motifs is 1. The van der Waals surface area contributed by atoms with Gasteiger partial charge in [0.25, 0.3) is 0 Å². The SMILES string of the molecule is COc1ccc(-c2cccc3c2OCC3)cc1C=O. The quantitative estimate of drug-likeness (QED) is 0.789. The highest BCUT2D eigenvalue weighted by Gasteiger charge is 2.17. The molecular formula is C16H14O3. The highest BCUT2D eigenvalue weighted by Crippen LogP contribution is 2.37. The van der Waals surface area contributed by atoms with Crippen LogP contribution in [0.3, 0.4) is 0 Å². The van der Waals surface area contributed by atoms with Crippen LogP contribution in [0.5, 0.6) is 11.5 Å². The molecule has 0 amide bonds. The van der Waals surface area contributed by atoms with Crippen LogP contribution in [-0.4, -0.2) is 20.0 Å². The van der Waals surface area contributed by atoms with E-state index >= 15 is 0 Å². The Morgan fingerprint density at radius 3 is 2.95 bits per heavy atom. The van der Waals surface area contributed by atoms with Crippen LogP contribution in [0, 0.1) is 0 Å². The molecule has 2 aromatic rings. The van der Waals surface area contributed by atoms with Gasteiger partial charge in [0.15, 0.2) is 6.29 Å². The zero-order valence-electron chi connectivity index (χ0n) is 10.7. The summed E-state index contributed by atoms with van der Waals surface area (Å²) in [5.41, 5.74) is 3.78. The number of carbonyl (C=O) groups is 1. The fraction of sp³-hybridized carbons (Fsp3) is 0.188. The molecule has 1 heterocycles. The van der Waals surface area contributed by atoms with E-state index in [4.69, 9.17) is 9.47 Å². The lowest BCUT2D eigenvalue weighted by Gasteiger charge is -2.10. The molecule has 0 unspecified atom stereocenters. The summed E-state index contributed by atoms with van der Waals surface area (Å²) in [5.74, 6) is 1.52. The van der Waals surface area contributed by atoms with Crippen molar-refractivity contribution in [3.05, 3.63) is 47.5 Å². The molecule has 19 heavy (non-hydrogen) atoms. The molecule has 3 rings (SSSR count). The molecule has 0 saturated heterocycles. The average molecular weight is 254 g/mol. The number of carbonyl (C=O) groups excluding carboxylic acids is 1. The number of aldehydes is 1. The van der Waals surface area contributed by atoms with Crippen LogP contribution >= 0.6 is 0 Å². The summed E-state index contributed by atoms with van der Waals surface area (Å²) in [4.78, 5) is 11.1. The van der Waals surface area contributed by atoms with Crippen molar-refractivity contribution in [2.75, 3.05) is 13.7 Å². The van der Waals surface area contributed by atoms with Gasteiger partial charge in [-0.05, 0) is 23.3 Å². The summed E-state index contributed by atoms with van der Waals surface area (Å²) in [6.07, 6.45) is 1.76. The molecule has 0 N–H and O–H groups in total. The van der Waals surface area contributed by atoms with E-state index in [1.165, 1.54) is 5.56 Å². The van der Waals surface area contributed by atoms with Crippen LogP contribution in [0.2, 0.25) is 0 Å². The third kappa shape index (κ3) is 1.97. The van der Waals surface area contributed by atoms with E-state index in [0.29, 0.717) is 11.3 Å². The van der Waals surface area contributed by atoms with Crippen LogP contribution in [0.4, 0.5) is 0 Å². The van der Waals surface area contributed by atoms with E-state index in [9.17, 15) is 4.79 Å². The van der Waals surface area contributed by atoms with Gasteiger partial charge < -0.3 is 9.47 Å². The van der Waals surface area contributed by atoms with Gasteiger partial charge in [0.05, 0.1) is 19.3 Å². The molecular weight excluding hydrogens is 240 g/mol. The first-order chi connectivity index (χ1) is 9.33. The highest BCUT2D eigenvalue weighted by atomic mass is 16.5. The molecule has 2 aromatic carbocycles. The number of methoxy groups -OCH3 is 1. The van der Waals surface area contributed by atoms with Crippen LogP contribution in [0.15, 0.2) is 36.4 Å². The predicted molar refractivity (Wildman–Crippen MR) is 73.0 cm³/mol. The van der Waals surface area contributed by atoms with E-state index in [2.05, 4.69) is 6.07 Å². The minimum Gasteiger partial charge on any atom is -0.496 e. The van der Waals surface area contributed by atoms with Gasteiger partial charge in [-0.15, -0.1) is 0 Å². The first-order valence-corrected chi connectivity index (χ1v) is 6.22. The van der Waals surface area contributed by atoms with Crippen LogP contribution < -0.4 is 9.47 Å². The Labute approximate surface area is 111 Å². The van der Waals surface area contributed by atoms with Crippen LogP contribution in [0.1, 0.15) is 15.9 Å². The van der Waals surface area contributed by atoms with Crippen LogP contribution in [0.25, 0.3) is 11.1 Å². The van der Waals surface area contributed by atoms with Gasteiger partial charge in [0, 0.05) is 12.0 Å². The zero-order valence-corrected chi connectivity index (χ0v) is 10.7. The van der Waals surface area contributed by atoms with Crippen molar-refractivity contribution in [3.8, 4) is 22.6 Å². The maximum absolute atomic E-state index is 11.1. The minimum absolute atomic E-state index is 0.551. The Balaban J connectivity index is 2.13. The monoisotopic (exact) mass is 254 g/mol. The Hall–Kier alpha value is -2.29. The van der Waals surface area contributed by atoms with Gasteiger partial charge in [0.2, 0.25) is 0 Å². The smallest absolute Gasteiger partial charge is 0.153 e. The topological polar surface area (TPSA) is 35.5 Å². The largest absolute Gasteiger partial charge is 0.496 e. The Bertz CT molecular complexity index is 632. The molecule has 0 radical (unpaired) electrons. The van der Waals surface area contributed by atoms with Crippen molar-refractivity contribution < 1.29 is 14.3 Å². The fourth-order valence-electron chi connectivity index (χ4n) is 2.44. The number of benzene rings is 2. The third-order valence-corrected chi connectivity index (χ3v) is 3.38. The van der Waals surface area contributed by atoms with Crippen molar-refractivity contribution in [3.63, 3.8) is 0 Å². The van der Waals surface area contributed by atoms with E-state index < -0.39 is 0 Å². The molecule has 0 fully saturated rings. The van der Waals surface area contributed by atoms with Gasteiger partial charge in [0.1, 0.15) is 11.5 Å². The number of hydrogen-bond acceptors (Lipinski definition) is 3. The maximum Gasteiger partial charge on any atom is 0.153 e. The minimum atomic E-state index is 0.551. The maximum atomic E-state index is 11.1. The summed E-state index contributed by atoms with van der Waals surface area (Å²) in [5, 5.41) is 0. The number of rotatable bonds is 3. The summed E-state index contributed by atoms with van der Waals surface area (Å²) < 4.78 is 10.9. The summed E-state index contributed by atoms with van der Waals surface area (Å²) in [6.45, 7) is 0.725. The van der Waals surface area contributed by atoms with E-state index in [-0.39, 0.29) is 0 Å². The van der Waals surface area contributed by atoms with E-state index in [1.54, 1.807) is 7.11 Å². The average Bonchev–Trinajstić information content (AvgIpc) is 2.94. The van der Waals surface area contributed by atoms with Gasteiger partial charge in [-0.25, -0.2) is 0 Å². The Kier molecular flexibility index (Phi) is 2.95. The molecule has 96 valence electrons. The summed E-state index contributed by atoms with van der Waals surface area (Å²) in [7, 11) is 1.56. The first-order valence-electron chi connectivity index (χ1n) is 6.22. The van der Waals surface area contributed by atoms with E-state index in [1.807, 2.05) is 30.3 Å². The van der Waals surface area contributed by atoms with Crippen molar-refractivity contribution in [2.45, 2.75) is 6.42 Å². The third-order valence-electron chi connectivity index (χ3n) is 3.38. The molecule has 0 aromatic heterocycles. The Morgan fingerprint density at radius 1 is 1.26 bits per heavy atom. The van der Waals surface area contributed by atoms with Crippen molar-refractivity contribution >= 4 is 6.29 Å². The molecule has 0 atom stereocenters. The second-order valence-electron chi connectivity index (χ2n) is 4.47. The van der Waals surface area contributed by atoms with Crippen LogP contribution in [-0.2, 0) is 6.42 Å². The lowest BCUT2D eigenvalue weighted by atomic mass is 9.99. The molecule has 0 spiro atoms. The van der Waals surface area contributed by atoms with Gasteiger partial charge in [-0.3, -0.25) is 4.79 Å². The predicted octanol–water partition coefficient (Wildman–Crippen LogP) is 3.11. The molecule has 0 saturated carbocycles.